The van der Waals surface area contributed by atoms with E-state index in [1.807, 2.05) is 0 Å². The minimum atomic E-state index is -4.70. The molecule has 0 bridgehead atoms. The summed E-state index contributed by atoms with van der Waals surface area (Å²) in [5, 5.41) is 8.74. The van der Waals surface area contributed by atoms with Crippen molar-refractivity contribution in [2.75, 3.05) is 6.61 Å². The number of rotatable bonds is 3. The van der Waals surface area contributed by atoms with Crippen molar-refractivity contribution in [3.63, 3.8) is 0 Å². The van der Waals surface area contributed by atoms with Gasteiger partial charge in [0.2, 0.25) is 0 Å². The molecule has 0 unspecified atom stereocenters. The summed E-state index contributed by atoms with van der Waals surface area (Å²) < 4.78 is 51.6. The highest BCUT2D eigenvalue weighted by atomic mass is 19.4. The van der Waals surface area contributed by atoms with Crippen molar-refractivity contribution in [2.45, 2.75) is 12.6 Å². The third-order valence-corrected chi connectivity index (χ3v) is 2.47. The first-order valence-corrected chi connectivity index (χ1v) is 5.56. The van der Waals surface area contributed by atoms with E-state index in [0.29, 0.717) is 0 Å². The fourth-order valence-corrected chi connectivity index (χ4v) is 1.62. The molecular weight excluding hydrogens is 278 g/mol. The number of aliphatic hydroxyl groups is 1. The quantitative estimate of drug-likeness (QED) is 0.879. The lowest BCUT2D eigenvalue weighted by Gasteiger charge is -2.11. The van der Waals surface area contributed by atoms with Gasteiger partial charge in [-0.25, -0.2) is 9.37 Å². The Morgan fingerprint density at radius 3 is 2.50 bits per heavy atom. The lowest BCUT2D eigenvalue weighted by Crippen LogP contribution is -2.15. The summed E-state index contributed by atoms with van der Waals surface area (Å²) in [6.45, 7) is -0.474. The van der Waals surface area contributed by atoms with Crippen LogP contribution >= 0.6 is 0 Å². The van der Waals surface area contributed by atoms with E-state index >= 15 is 0 Å². The topological polar surface area (TPSA) is 58.9 Å². The Morgan fingerprint density at radius 2 is 1.90 bits per heavy atom. The Bertz CT molecular complexity index is 616. The zero-order valence-corrected chi connectivity index (χ0v) is 10.0. The van der Waals surface area contributed by atoms with Gasteiger partial charge in [0.05, 0.1) is 23.8 Å². The highest BCUT2D eigenvalue weighted by molar-refractivity contribution is 5.57. The second-order valence-electron chi connectivity index (χ2n) is 3.91. The first-order chi connectivity index (χ1) is 9.41. The smallest absolute Gasteiger partial charge is 0.396 e. The van der Waals surface area contributed by atoms with E-state index in [4.69, 9.17) is 5.11 Å². The van der Waals surface area contributed by atoms with Gasteiger partial charge in [-0.3, -0.25) is 9.97 Å². The molecule has 8 heteroatoms. The average Bonchev–Trinajstić information content (AvgIpc) is 2.38. The molecule has 2 aromatic rings. The second-order valence-corrected chi connectivity index (χ2v) is 3.91. The van der Waals surface area contributed by atoms with Gasteiger partial charge in [0.25, 0.3) is 0 Å². The number of pyridine rings is 1. The standard InChI is InChI=1S/C12H9F4N3O/c13-8-3-7(4-17-5-8)10-6-18-9(1-2-20)11(19-10)12(14,15)16/h3-6,20H,1-2H2. The van der Waals surface area contributed by atoms with Crippen LogP contribution < -0.4 is 0 Å². The van der Waals surface area contributed by atoms with E-state index < -0.39 is 24.3 Å². The molecule has 0 fully saturated rings. The van der Waals surface area contributed by atoms with E-state index in [9.17, 15) is 17.6 Å². The van der Waals surface area contributed by atoms with Gasteiger partial charge < -0.3 is 5.11 Å². The molecule has 0 atom stereocenters. The van der Waals surface area contributed by atoms with Crippen LogP contribution in [0.4, 0.5) is 17.6 Å². The summed E-state index contributed by atoms with van der Waals surface area (Å²) in [5.74, 6) is -0.683. The number of halogens is 4. The van der Waals surface area contributed by atoms with Crippen LogP contribution in [0.15, 0.2) is 24.7 Å². The number of nitrogens with zero attached hydrogens (tertiary/aromatic N) is 3. The van der Waals surface area contributed by atoms with Crippen molar-refractivity contribution in [1.82, 2.24) is 15.0 Å². The van der Waals surface area contributed by atoms with Crippen molar-refractivity contribution in [1.29, 1.82) is 0 Å². The highest BCUT2D eigenvalue weighted by Crippen LogP contribution is 2.31. The van der Waals surface area contributed by atoms with Crippen molar-refractivity contribution in [3.8, 4) is 11.3 Å². The lowest BCUT2D eigenvalue weighted by atomic mass is 10.2. The molecule has 106 valence electrons. The van der Waals surface area contributed by atoms with E-state index in [1.165, 1.54) is 6.20 Å². The molecule has 2 rings (SSSR count). The molecule has 20 heavy (non-hydrogen) atoms. The van der Waals surface area contributed by atoms with E-state index in [1.54, 1.807) is 0 Å². The van der Waals surface area contributed by atoms with Crippen LogP contribution in [0.1, 0.15) is 11.4 Å². The summed E-state index contributed by atoms with van der Waals surface area (Å²) in [6, 6.07) is 1.02. The molecule has 0 spiro atoms. The highest BCUT2D eigenvalue weighted by Gasteiger charge is 2.36. The summed E-state index contributed by atoms with van der Waals surface area (Å²) in [7, 11) is 0. The van der Waals surface area contributed by atoms with Gasteiger partial charge in [-0.2, -0.15) is 13.2 Å². The predicted molar refractivity (Wildman–Crippen MR) is 61.0 cm³/mol. The molecule has 1 N–H and O–H groups in total. The number of hydrogen-bond donors (Lipinski definition) is 1. The first kappa shape index (κ1) is 14.3. The summed E-state index contributed by atoms with van der Waals surface area (Å²) in [5.41, 5.74) is -1.58. The van der Waals surface area contributed by atoms with Gasteiger partial charge in [0, 0.05) is 24.8 Å². The largest absolute Gasteiger partial charge is 0.435 e. The van der Waals surface area contributed by atoms with Gasteiger partial charge in [-0.1, -0.05) is 0 Å². The minimum absolute atomic E-state index is 0.0959. The maximum atomic E-state index is 13.0. The van der Waals surface area contributed by atoms with Crippen LogP contribution in [-0.4, -0.2) is 26.7 Å². The lowest BCUT2D eigenvalue weighted by molar-refractivity contribution is -0.142. The molecular formula is C12H9F4N3O. The zero-order chi connectivity index (χ0) is 14.8. The normalized spacial score (nSPS) is 11.7. The van der Waals surface area contributed by atoms with Gasteiger partial charge >= 0.3 is 6.18 Å². The maximum absolute atomic E-state index is 13.0. The van der Waals surface area contributed by atoms with Gasteiger partial charge in [0.1, 0.15) is 5.82 Å². The van der Waals surface area contributed by atoms with Crippen molar-refractivity contribution in [2.24, 2.45) is 0 Å². The minimum Gasteiger partial charge on any atom is -0.396 e. The molecule has 0 aliphatic rings. The summed E-state index contributed by atoms with van der Waals surface area (Å²) in [6.07, 6.45) is -1.74. The maximum Gasteiger partial charge on any atom is 0.435 e. The summed E-state index contributed by atoms with van der Waals surface area (Å²) >= 11 is 0. The van der Waals surface area contributed by atoms with Crippen LogP contribution in [-0.2, 0) is 12.6 Å². The number of hydrogen-bond acceptors (Lipinski definition) is 4. The Balaban J connectivity index is 2.52. The van der Waals surface area contributed by atoms with E-state index in [-0.39, 0.29) is 23.4 Å². The Hall–Kier alpha value is -2.09. The van der Waals surface area contributed by atoms with Crippen molar-refractivity contribution < 1.29 is 22.7 Å². The average molecular weight is 287 g/mol. The van der Waals surface area contributed by atoms with E-state index in [2.05, 4.69) is 15.0 Å². The molecule has 0 aliphatic heterocycles. The van der Waals surface area contributed by atoms with Crippen LogP contribution in [0, 0.1) is 5.82 Å². The molecule has 0 radical (unpaired) electrons. The van der Waals surface area contributed by atoms with Crippen molar-refractivity contribution >= 4 is 0 Å². The number of alkyl halides is 3. The molecule has 4 nitrogen and oxygen atoms in total. The SMILES string of the molecule is OCCc1ncc(-c2cncc(F)c2)nc1C(F)(F)F. The van der Waals surface area contributed by atoms with Crippen LogP contribution in [0.25, 0.3) is 11.3 Å². The Morgan fingerprint density at radius 1 is 1.15 bits per heavy atom. The van der Waals surface area contributed by atoms with Gasteiger partial charge in [-0.15, -0.1) is 0 Å². The van der Waals surface area contributed by atoms with Crippen LogP contribution in [0.3, 0.4) is 0 Å². The number of aliphatic hydroxyl groups excluding tert-OH is 1. The third-order valence-electron chi connectivity index (χ3n) is 2.47. The third kappa shape index (κ3) is 3.08. The molecule has 0 aliphatic carbocycles. The Labute approximate surface area is 111 Å². The Kier molecular flexibility index (Phi) is 3.93. The monoisotopic (exact) mass is 287 g/mol. The summed E-state index contributed by atoms with van der Waals surface area (Å²) in [4.78, 5) is 10.7. The first-order valence-electron chi connectivity index (χ1n) is 5.56. The zero-order valence-electron chi connectivity index (χ0n) is 10.0. The molecule has 0 amide bonds. The van der Waals surface area contributed by atoms with Crippen LogP contribution in [0.2, 0.25) is 0 Å². The fraction of sp³-hybridized carbons (Fsp3) is 0.250. The van der Waals surface area contributed by atoms with Crippen molar-refractivity contribution in [3.05, 3.63) is 41.9 Å². The molecule has 2 aromatic heterocycles. The fourth-order valence-electron chi connectivity index (χ4n) is 1.62. The number of aromatic nitrogens is 3. The van der Waals surface area contributed by atoms with Gasteiger partial charge in [-0.05, 0) is 6.07 Å². The molecule has 2 heterocycles. The van der Waals surface area contributed by atoms with Crippen LogP contribution in [0.5, 0.6) is 0 Å². The predicted octanol–water partition coefficient (Wildman–Crippen LogP) is 2.23. The van der Waals surface area contributed by atoms with Gasteiger partial charge in [0.15, 0.2) is 5.69 Å². The molecule has 0 aromatic carbocycles. The molecule has 0 saturated heterocycles. The van der Waals surface area contributed by atoms with E-state index in [0.717, 1.165) is 18.5 Å². The molecule has 0 saturated carbocycles. The second kappa shape index (κ2) is 5.49.